The van der Waals surface area contributed by atoms with E-state index in [1.807, 2.05) is 6.07 Å². The fourth-order valence-electron chi connectivity index (χ4n) is 4.37. The van der Waals surface area contributed by atoms with E-state index in [9.17, 15) is 4.39 Å². The summed E-state index contributed by atoms with van der Waals surface area (Å²) in [6.07, 6.45) is 2.37. The lowest BCUT2D eigenvalue weighted by Gasteiger charge is -2.33. The number of halogens is 1. The monoisotopic (exact) mass is 282 g/mol. The molecule has 0 spiro atoms. The molecule has 3 heteroatoms. The highest BCUT2D eigenvalue weighted by Crippen LogP contribution is 2.67. The molecule has 2 aromatic rings. The van der Waals surface area contributed by atoms with Gasteiger partial charge in [-0.1, -0.05) is 32.9 Å². The molecule has 0 saturated heterocycles. The molecule has 1 heterocycles. The highest BCUT2D eigenvalue weighted by Gasteiger charge is 2.60. The first-order valence-electron chi connectivity index (χ1n) is 7.58. The summed E-state index contributed by atoms with van der Waals surface area (Å²) in [6, 6.07) is 8.85. The van der Waals surface area contributed by atoms with Crippen molar-refractivity contribution in [1.82, 2.24) is 10.2 Å². The molecule has 2 nitrogen and oxygen atoms in total. The van der Waals surface area contributed by atoms with Gasteiger partial charge in [0.2, 0.25) is 0 Å². The standard InChI is InChI=1S/C18H19FN2/c1-17(2)13-8-9-18(17,3)16-12(13)10-15(20-21-16)11-6-4-5-7-14(11)19/h4-7,10,13H,8-9H2,1-3H3/t13-,18+/m1/s1. The zero-order chi connectivity index (χ0) is 14.8. The second-order valence-electron chi connectivity index (χ2n) is 7.16. The van der Waals surface area contributed by atoms with Gasteiger partial charge < -0.3 is 0 Å². The molecule has 1 aromatic carbocycles. The minimum atomic E-state index is -0.236. The highest BCUT2D eigenvalue weighted by molar-refractivity contribution is 5.62. The first-order valence-corrected chi connectivity index (χ1v) is 7.58. The van der Waals surface area contributed by atoms with Gasteiger partial charge in [-0.2, -0.15) is 10.2 Å². The van der Waals surface area contributed by atoms with E-state index in [0.29, 0.717) is 17.2 Å². The van der Waals surface area contributed by atoms with Gasteiger partial charge in [-0.25, -0.2) is 4.39 Å². The maximum atomic E-state index is 14.0. The Bertz CT molecular complexity index is 738. The van der Waals surface area contributed by atoms with Crippen molar-refractivity contribution < 1.29 is 4.39 Å². The van der Waals surface area contributed by atoms with E-state index in [1.54, 1.807) is 12.1 Å². The Labute approximate surface area is 124 Å². The summed E-state index contributed by atoms with van der Waals surface area (Å²) in [4.78, 5) is 0. The lowest BCUT2D eigenvalue weighted by molar-refractivity contribution is 0.226. The van der Waals surface area contributed by atoms with Gasteiger partial charge in [0.15, 0.2) is 0 Å². The van der Waals surface area contributed by atoms with Gasteiger partial charge in [-0.15, -0.1) is 0 Å². The average Bonchev–Trinajstić information content (AvgIpc) is 2.79. The predicted molar refractivity (Wildman–Crippen MR) is 80.5 cm³/mol. The minimum absolute atomic E-state index is 0.105. The third kappa shape index (κ3) is 1.47. The van der Waals surface area contributed by atoms with E-state index in [0.717, 1.165) is 5.69 Å². The molecule has 21 heavy (non-hydrogen) atoms. The molecule has 2 aliphatic rings. The van der Waals surface area contributed by atoms with Crippen LogP contribution in [0.5, 0.6) is 0 Å². The van der Waals surface area contributed by atoms with Crippen molar-refractivity contribution in [3.63, 3.8) is 0 Å². The second kappa shape index (κ2) is 3.90. The number of benzene rings is 1. The highest BCUT2D eigenvalue weighted by atomic mass is 19.1. The van der Waals surface area contributed by atoms with E-state index in [4.69, 9.17) is 0 Å². The zero-order valence-corrected chi connectivity index (χ0v) is 12.7. The number of fused-ring (bicyclic) bond motifs is 5. The summed E-state index contributed by atoms with van der Waals surface area (Å²) >= 11 is 0. The Balaban J connectivity index is 1.89. The third-order valence-corrected chi connectivity index (χ3v) is 6.10. The van der Waals surface area contributed by atoms with Crippen molar-refractivity contribution in [2.24, 2.45) is 5.41 Å². The molecule has 4 rings (SSSR count). The first-order chi connectivity index (χ1) is 9.95. The summed E-state index contributed by atoms with van der Waals surface area (Å²) in [5.74, 6) is 0.277. The Morgan fingerprint density at radius 3 is 2.67 bits per heavy atom. The van der Waals surface area contributed by atoms with Crippen molar-refractivity contribution in [2.75, 3.05) is 0 Å². The lowest BCUT2D eigenvalue weighted by Crippen LogP contribution is -2.32. The van der Waals surface area contributed by atoms with Crippen LogP contribution in [0, 0.1) is 11.2 Å². The Hall–Kier alpha value is -1.77. The number of aromatic nitrogens is 2. The molecular weight excluding hydrogens is 263 g/mol. The molecule has 1 saturated carbocycles. The van der Waals surface area contributed by atoms with Crippen LogP contribution in [-0.4, -0.2) is 10.2 Å². The molecule has 0 N–H and O–H groups in total. The quantitative estimate of drug-likeness (QED) is 0.772. The predicted octanol–water partition coefficient (Wildman–Crippen LogP) is 4.46. The second-order valence-corrected chi connectivity index (χ2v) is 7.16. The fraction of sp³-hybridized carbons (Fsp3) is 0.444. The van der Waals surface area contributed by atoms with Crippen LogP contribution in [0.3, 0.4) is 0 Å². The van der Waals surface area contributed by atoms with Gasteiger partial charge >= 0.3 is 0 Å². The molecule has 2 bridgehead atoms. The van der Waals surface area contributed by atoms with Crippen LogP contribution in [0.1, 0.15) is 50.8 Å². The SMILES string of the molecule is CC1(C)[C@@H]2CC[C@@]1(C)c1nnc(-c3ccccc3F)cc12. The van der Waals surface area contributed by atoms with E-state index in [2.05, 4.69) is 37.0 Å². The Morgan fingerprint density at radius 2 is 1.90 bits per heavy atom. The van der Waals surface area contributed by atoms with Gasteiger partial charge in [0, 0.05) is 11.0 Å². The van der Waals surface area contributed by atoms with Crippen molar-refractivity contribution in [3.8, 4) is 11.3 Å². The molecule has 0 radical (unpaired) electrons. The lowest BCUT2D eigenvalue weighted by atomic mass is 9.70. The van der Waals surface area contributed by atoms with Gasteiger partial charge in [0.1, 0.15) is 5.82 Å². The summed E-state index contributed by atoms with van der Waals surface area (Å²) in [6.45, 7) is 6.96. The fourth-order valence-corrected chi connectivity index (χ4v) is 4.37. The van der Waals surface area contributed by atoms with Gasteiger partial charge in [0.05, 0.1) is 11.4 Å². The first kappa shape index (κ1) is 12.9. The van der Waals surface area contributed by atoms with Crippen molar-refractivity contribution in [1.29, 1.82) is 0 Å². The summed E-state index contributed by atoms with van der Waals surface area (Å²) in [5.41, 5.74) is 3.91. The molecule has 108 valence electrons. The third-order valence-electron chi connectivity index (χ3n) is 6.10. The number of nitrogens with zero attached hydrogens (tertiary/aromatic N) is 2. The molecule has 0 aliphatic heterocycles. The van der Waals surface area contributed by atoms with Gasteiger partial charge in [-0.3, -0.25) is 0 Å². The van der Waals surface area contributed by atoms with Crippen LogP contribution in [0.25, 0.3) is 11.3 Å². The van der Waals surface area contributed by atoms with Gasteiger partial charge in [-0.05, 0) is 47.9 Å². The topological polar surface area (TPSA) is 25.8 Å². The molecule has 0 amide bonds. The van der Waals surface area contributed by atoms with E-state index < -0.39 is 0 Å². The molecule has 2 atom stereocenters. The molecular formula is C18H19FN2. The van der Waals surface area contributed by atoms with Crippen LogP contribution >= 0.6 is 0 Å². The number of hydrogen-bond acceptors (Lipinski definition) is 2. The molecule has 1 aromatic heterocycles. The normalized spacial score (nSPS) is 28.7. The van der Waals surface area contributed by atoms with Crippen LogP contribution in [0.2, 0.25) is 0 Å². The summed E-state index contributed by atoms with van der Waals surface area (Å²) < 4.78 is 14.0. The average molecular weight is 282 g/mol. The largest absolute Gasteiger partial charge is 0.206 e. The maximum Gasteiger partial charge on any atom is 0.132 e. The van der Waals surface area contributed by atoms with Crippen LogP contribution < -0.4 is 0 Å². The molecule has 2 aliphatic carbocycles. The smallest absolute Gasteiger partial charge is 0.132 e. The zero-order valence-electron chi connectivity index (χ0n) is 12.7. The van der Waals surface area contributed by atoms with E-state index in [-0.39, 0.29) is 16.6 Å². The molecule has 1 fully saturated rings. The Kier molecular flexibility index (Phi) is 2.40. The van der Waals surface area contributed by atoms with E-state index in [1.165, 1.54) is 24.5 Å². The van der Waals surface area contributed by atoms with Crippen molar-refractivity contribution in [3.05, 3.63) is 47.4 Å². The van der Waals surface area contributed by atoms with Crippen LogP contribution in [0.15, 0.2) is 30.3 Å². The van der Waals surface area contributed by atoms with Crippen LogP contribution in [0.4, 0.5) is 4.39 Å². The Morgan fingerprint density at radius 1 is 1.14 bits per heavy atom. The number of rotatable bonds is 1. The number of hydrogen-bond donors (Lipinski definition) is 0. The van der Waals surface area contributed by atoms with Crippen molar-refractivity contribution in [2.45, 2.75) is 44.9 Å². The summed E-state index contributed by atoms with van der Waals surface area (Å²) in [5, 5.41) is 8.83. The van der Waals surface area contributed by atoms with Gasteiger partial charge in [0.25, 0.3) is 0 Å². The van der Waals surface area contributed by atoms with Crippen molar-refractivity contribution >= 4 is 0 Å². The molecule has 0 unspecified atom stereocenters. The van der Waals surface area contributed by atoms with E-state index >= 15 is 0 Å². The minimum Gasteiger partial charge on any atom is -0.206 e. The van der Waals surface area contributed by atoms with Crippen LogP contribution in [-0.2, 0) is 5.41 Å². The summed E-state index contributed by atoms with van der Waals surface area (Å²) in [7, 11) is 0. The maximum absolute atomic E-state index is 14.0.